The zero-order chi connectivity index (χ0) is 22.1. The van der Waals surface area contributed by atoms with Crippen LogP contribution in [0.15, 0.2) is 36.5 Å². The molecule has 0 aliphatic carbocycles. The molecule has 1 aliphatic rings. The summed E-state index contributed by atoms with van der Waals surface area (Å²) in [6, 6.07) is 9.75. The summed E-state index contributed by atoms with van der Waals surface area (Å²) in [5, 5.41) is 5.56. The number of piperazine rings is 1. The van der Waals surface area contributed by atoms with E-state index < -0.39 is 0 Å². The molecule has 0 bridgehead atoms. The predicted octanol–water partition coefficient (Wildman–Crippen LogP) is 4.36. The van der Waals surface area contributed by atoms with Crippen molar-refractivity contribution in [3.8, 4) is 5.69 Å². The Morgan fingerprint density at radius 2 is 1.81 bits per heavy atom. The number of carbonyl (C=O) groups is 1. The van der Waals surface area contributed by atoms with Gasteiger partial charge in [-0.2, -0.15) is 0 Å². The highest BCUT2D eigenvalue weighted by atomic mass is 35.5. The van der Waals surface area contributed by atoms with E-state index in [9.17, 15) is 4.79 Å². The second kappa shape index (κ2) is 8.85. The molecule has 1 aliphatic heterocycles. The van der Waals surface area contributed by atoms with Crippen LogP contribution >= 0.6 is 23.2 Å². The van der Waals surface area contributed by atoms with Crippen LogP contribution in [0.5, 0.6) is 0 Å². The van der Waals surface area contributed by atoms with Gasteiger partial charge in [-0.3, -0.25) is 4.79 Å². The minimum atomic E-state index is -0.168. The Labute approximate surface area is 191 Å². The highest BCUT2D eigenvalue weighted by molar-refractivity contribution is 6.36. The Morgan fingerprint density at radius 3 is 2.48 bits per heavy atom. The van der Waals surface area contributed by atoms with Crippen molar-refractivity contribution in [1.29, 1.82) is 0 Å². The predicted molar refractivity (Wildman–Crippen MR) is 123 cm³/mol. The van der Waals surface area contributed by atoms with Crippen molar-refractivity contribution >= 4 is 34.9 Å². The van der Waals surface area contributed by atoms with Crippen molar-refractivity contribution in [3.05, 3.63) is 63.8 Å². The van der Waals surface area contributed by atoms with E-state index in [4.69, 9.17) is 23.2 Å². The van der Waals surface area contributed by atoms with E-state index >= 15 is 0 Å². The Bertz CT molecular complexity index is 1110. The monoisotopic (exact) mass is 458 g/mol. The first kappa shape index (κ1) is 21.6. The maximum atomic E-state index is 13.1. The molecule has 0 radical (unpaired) electrons. The summed E-state index contributed by atoms with van der Waals surface area (Å²) < 4.78 is 1.76. The van der Waals surface area contributed by atoms with Crippen LogP contribution < -0.4 is 4.90 Å². The number of hydrogen-bond acceptors (Lipinski definition) is 5. The molecule has 3 heterocycles. The number of carbonyl (C=O) groups excluding carboxylic acids is 1. The molecule has 2 aromatic heterocycles. The highest BCUT2D eigenvalue weighted by Gasteiger charge is 2.27. The maximum absolute atomic E-state index is 13.1. The largest absolute Gasteiger partial charge is 0.352 e. The molecule has 0 N–H and O–H groups in total. The maximum Gasteiger partial charge on any atom is 0.293 e. The summed E-state index contributed by atoms with van der Waals surface area (Å²) in [6.07, 6.45) is 1.58. The first-order valence-corrected chi connectivity index (χ1v) is 11.0. The van der Waals surface area contributed by atoms with Gasteiger partial charge in [-0.25, -0.2) is 14.6 Å². The van der Waals surface area contributed by atoms with Gasteiger partial charge in [-0.15, -0.1) is 5.10 Å². The standard InChI is InChI=1S/C22H24Cl2N6O/c1-14(2)17-6-4-5-7-19(17)30-15(3)26-20(27-30)22(31)29-10-8-28(9-11-29)21-18(24)12-16(23)13-25-21/h4-7,12-14H,8-11H2,1-3H3. The van der Waals surface area contributed by atoms with Crippen LogP contribution in [0, 0.1) is 6.92 Å². The van der Waals surface area contributed by atoms with Gasteiger partial charge in [-0.05, 0) is 30.5 Å². The van der Waals surface area contributed by atoms with Gasteiger partial charge in [0.1, 0.15) is 11.6 Å². The number of para-hydroxylation sites is 1. The third kappa shape index (κ3) is 4.38. The quantitative estimate of drug-likeness (QED) is 0.580. The Balaban J connectivity index is 1.50. The van der Waals surface area contributed by atoms with Gasteiger partial charge in [-0.1, -0.05) is 55.2 Å². The van der Waals surface area contributed by atoms with Crippen LogP contribution in [-0.4, -0.2) is 56.7 Å². The fourth-order valence-corrected chi connectivity index (χ4v) is 4.28. The topological polar surface area (TPSA) is 67.2 Å². The molecular formula is C22H24Cl2N6O. The number of aryl methyl sites for hydroxylation is 1. The fourth-order valence-electron chi connectivity index (χ4n) is 3.78. The van der Waals surface area contributed by atoms with Gasteiger partial charge >= 0.3 is 0 Å². The van der Waals surface area contributed by atoms with Crippen molar-refractivity contribution in [2.45, 2.75) is 26.7 Å². The molecule has 0 atom stereocenters. The molecule has 1 saturated heterocycles. The normalized spacial score (nSPS) is 14.4. The Kier molecular flexibility index (Phi) is 6.16. The first-order valence-electron chi connectivity index (χ1n) is 10.2. The molecule has 1 amide bonds. The molecule has 9 heteroatoms. The molecule has 7 nitrogen and oxygen atoms in total. The van der Waals surface area contributed by atoms with Crippen molar-refractivity contribution in [3.63, 3.8) is 0 Å². The molecule has 0 unspecified atom stereocenters. The van der Waals surface area contributed by atoms with E-state index in [-0.39, 0.29) is 11.7 Å². The van der Waals surface area contributed by atoms with Gasteiger partial charge in [0.05, 0.1) is 15.7 Å². The summed E-state index contributed by atoms with van der Waals surface area (Å²) in [6.45, 7) is 8.46. The van der Waals surface area contributed by atoms with Crippen LogP contribution in [0.2, 0.25) is 10.0 Å². The van der Waals surface area contributed by atoms with E-state index in [1.165, 1.54) is 0 Å². The summed E-state index contributed by atoms with van der Waals surface area (Å²) in [5.41, 5.74) is 2.12. The van der Waals surface area contributed by atoms with Crippen molar-refractivity contribution < 1.29 is 4.79 Å². The van der Waals surface area contributed by atoms with Gasteiger partial charge in [0.2, 0.25) is 5.82 Å². The highest BCUT2D eigenvalue weighted by Crippen LogP contribution is 2.27. The number of nitrogens with zero attached hydrogens (tertiary/aromatic N) is 6. The number of rotatable bonds is 4. The lowest BCUT2D eigenvalue weighted by molar-refractivity contribution is 0.0734. The summed E-state index contributed by atoms with van der Waals surface area (Å²) in [4.78, 5) is 25.7. The van der Waals surface area contributed by atoms with Crippen molar-refractivity contribution in [2.24, 2.45) is 0 Å². The van der Waals surface area contributed by atoms with Crippen molar-refractivity contribution in [1.82, 2.24) is 24.6 Å². The Hall–Kier alpha value is -2.64. The van der Waals surface area contributed by atoms with Crippen LogP contribution in [0.4, 0.5) is 5.82 Å². The van der Waals surface area contributed by atoms with E-state index in [1.54, 1.807) is 21.8 Å². The molecular weight excluding hydrogens is 435 g/mol. The number of anilines is 1. The lowest BCUT2D eigenvalue weighted by atomic mass is 10.0. The summed E-state index contributed by atoms with van der Waals surface area (Å²) in [7, 11) is 0. The lowest BCUT2D eigenvalue weighted by Crippen LogP contribution is -2.49. The number of pyridine rings is 1. The summed E-state index contributed by atoms with van der Waals surface area (Å²) in [5.74, 6) is 1.75. The average Bonchev–Trinajstić information content (AvgIpc) is 3.15. The number of halogens is 2. The second-order valence-corrected chi connectivity index (χ2v) is 8.69. The zero-order valence-electron chi connectivity index (χ0n) is 17.7. The van der Waals surface area contributed by atoms with Crippen LogP contribution in [0.25, 0.3) is 5.69 Å². The third-order valence-corrected chi connectivity index (χ3v) is 5.89. The number of hydrogen-bond donors (Lipinski definition) is 0. The number of aromatic nitrogens is 4. The van der Waals surface area contributed by atoms with Gasteiger partial charge < -0.3 is 9.80 Å². The minimum absolute atomic E-state index is 0.168. The second-order valence-electron chi connectivity index (χ2n) is 7.85. The van der Waals surface area contributed by atoms with Gasteiger partial charge in [0.25, 0.3) is 5.91 Å². The average molecular weight is 459 g/mol. The molecule has 3 aromatic rings. The molecule has 4 rings (SSSR count). The fraction of sp³-hybridized carbons (Fsp3) is 0.364. The minimum Gasteiger partial charge on any atom is -0.352 e. The molecule has 1 aromatic carbocycles. The zero-order valence-corrected chi connectivity index (χ0v) is 19.2. The first-order chi connectivity index (χ1) is 14.8. The number of benzene rings is 1. The van der Waals surface area contributed by atoms with Gasteiger partial charge in [0.15, 0.2) is 0 Å². The molecule has 1 fully saturated rings. The lowest BCUT2D eigenvalue weighted by Gasteiger charge is -2.35. The van der Waals surface area contributed by atoms with E-state index in [1.807, 2.05) is 25.1 Å². The van der Waals surface area contributed by atoms with Gasteiger partial charge in [0, 0.05) is 32.4 Å². The molecule has 162 valence electrons. The smallest absolute Gasteiger partial charge is 0.293 e. The summed E-state index contributed by atoms with van der Waals surface area (Å²) >= 11 is 12.2. The SMILES string of the molecule is Cc1nc(C(=O)N2CCN(c3ncc(Cl)cc3Cl)CC2)nn1-c1ccccc1C(C)C. The number of amides is 1. The third-order valence-electron chi connectivity index (χ3n) is 5.40. The van der Waals surface area contributed by atoms with E-state index in [0.717, 1.165) is 11.3 Å². The molecule has 0 spiro atoms. The van der Waals surface area contributed by atoms with Crippen molar-refractivity contribution in [2.75, 3.05) is 31.1 Å². The van der Waals surface area contributed by atoms with Crippen LogP contribution in [-0.2, 0) is 0 Å². The molecule has 31 heavy (non-hydrogen) atoms. The van der Waals surface area contributed by atoms with Crippen LogP contribution in [0.3, 0.4) is 0 Å². The van der Waals surface area contributed by atoms with E-state index in [2.05, 4.69) is 39.9 Å². The molecule has 0 saturated carbocycles. The van der Waals surface area contributed by atoms with E-state index in [0.29, 0.717) is 53.8 Å². The van der Waals surface area contributed by atoms with Crippen LogP contribution in [0.1, 0.15) is 41.8 Å². The Morgan fingerprint density at radius 1 is 1.10 bits per heavy atom.